The molecule has 1 aromatic rings. The van der Waals surface area contributed by atoms with Crippen molar-refractivity contribution in [3.63, 3.8) is 0 Å². The molecule has 0 aliphatic heterocycles. The first-order valence-electron chi connectivity index (χ1n) is 6.52. The fourth-order valence-electron chi connectivity index (χ4n) is 2.91. The summed E-state index contributed by atoms with van der Waals surface area (Å²) >= 11 is 0. The zero-order valence-electron chi connectivity index (χ0n) is 11.8. The molecule has 4 heteroatoms. The van der Waals surface area contributed by atoms with Gasteiger partial charge in [-0.15, -0.1) is 0 Å². The first-order valence-corrected chi connectivity index (χ1v) is 6.52. The molecule has 0 radical (unpaired) electrons. The lowest BCUT2D eigenvalue weighted by molar-refractivity contribution is 0.443. The van der Waals surface area contributed by atoms with Crippen molar-refractivity contribution in [3.05, 3.63) is 35.1 Å². The zero-order valence-corrected chi connectivity index (χ0v) is 11.8. The first kappa shape index (κ1) is 14.4. The molecule has 0 spiro atoms. The van der Waals surface area contributed by atoms with Crippen LogP contribution in [0.25, 0.3) is 0 Å². The van der Waals surface area contributed by atoms with Crippen molar-refractivity contribution in [3.8, 4) is 0 Å². The van der Waals surface area contributed by atoms with Gasteiger partial charge < -0.3 is 5.32 Å². The molecule has 0 amide bonds. The monoisotopic (exact) mass is 271 g/mol. The molecule has 0 bridgehead atoms. The maximum atomic E-state index is 13.0. The molecule has 0 saturated heterocycles. The van der Waals surface area contributed by atoms with E-state index in [1.807, 2.05) is 0 Å². The van der Waals surface area contributed by atoms with E-state index in [4.69, 9.17) is 0 Å². The van der Waals surface area contributed by atoms with Crippen LogP contribution in [-0.4, -0.2) is 6.54 Å². The number of rotatable bonds is 4. The molecule has 1 aliphatic carbocycles. The summed E-state index contributed by atoms with van der Waals surface area (Å²) in [6.45, 7) is 10.0. The van der Waals surface area contributed by atoms with Crippen molar-refractivity contribution in [2.45, 2.75) is 34.2 Å². The maximum absolute atomic E-state index is 13.0. The van der Waals surface area contributed by atoms with Gasteiger partial charge in [-0.2, -0.15) is 0 Å². The molecule has 1 aromatic carbocycles. The minimum atomic E-state index is -1.41. The minimum absolute atomic E-state index is 0.277. The number of hydrogen-bond donors (Lipinski definition) is 1. The Morgan fingerprint density at radius 3 is 1.89 bits per heavy atom. The van der Waals surface area contributed by atoms with E-state index in [0.29, 0.717) is 18.0 Å². The Morgan fingerprint density at radius 2 is 1.47 bits per heavy atom. The molecule has 1 nitrogen and oxygen atoms in total. The minimum Gasteiger partial charge on any atom is -0.312 e. The predicted octanol–water partition coefficient (Wildman–Crippen LogP) is 3.88. The maximum Gasteiger partial charge on any atom is 0.194 e. The van der Waals surface area contributed by atoms with Gasteiger partial charge >= 0.3 is 0 Å². The third-order valence-corrected chi connectivity index (χ3v) is 5.04. The van der Waals surface area contributed by atoms with E-state index < -0.39 is 17.5 Å². The zero-order chi connectivity index (χ0) is 14.4. The summed E-state index contributed by atoms with van der Waals surface area (Å²) in [6, 6.07) is 2.07. The lowest BCUT2D eigenvalue weighted by Gasteiger charge is -2.07. The highest BCUT2D eigenvalue weighted by molar-refractivity contribution is 5.19. The summed E-state index contributed by atoms with van der Waals surface area (Å²) in [5, 5.41) is 3.19. The number of benzene rings is 1. The number of nitrogens with one attached hydrogen (secondary N) is 1. The molecule has 1 aliphatic rings. The van der Waals surface area contributed by atoms with E-state index >= 15 is 0 Å². The molecule has 0 atom stereocenters. The molecule has 1 N–H and O–H groups in total. The Hall–Kier alpha value is -1.03. The molecular formula is C15H20F3N. The van der Waals surface area contributed by atoms with Crippen molar-refractivity contribution < 1.29 is 13.2 Å². The van der Waals surface area contributed by atoms with Gasteiger partial charge in [-0.25, -0.2) is 13.2 Å². The van der Waals surface area contributed by atoms with E-state index in [-0.39, 0.29) is 10.8 Å². The SMILES string of the molecule is CC1(C)C(CNCc2cc(F)c(F)c(F)c2)C1(C)C. The smallest absolute Gasteiger partial charge is 0.194 e. The number of halogens is 3. The van der Waals surface area contributed by atoms with Crippen LogP contribution in [0.4, 0.5) is 13.2 Å². The second kappa shape index (κ2) is 4.51. The lowest BCUT2D eigenvalue weighted by Crippen LogP contribution is -2.19. The van der Waals surface area contributed by atoms with Gasteiger partial charge in [-0.05, 0) is 41.0 Å². The standard InChI is InChI=1S/C15H20F3N/c1-14(2)12(15(14,3)4)8-19-7-9-5-10(16)13(18)11(17)6-9/h5-6,12,19H,7-8H2,1-4H3. The van der Waals surface area contributed by atoms with Gasteiger partial charge in [0.05, 0.1) is 0 Å². The van der Waals surface area contributed by atoms with Crippen LogP contribution in [0.5, 0.6) is 0 Å². The summed E-state index contributed by atoms with van der Waals surface area (Å²) in [5.74, 6) is -3.14. The van der Waals surface area contributed by atoms with E-state index in [1.165, 1.54) is 0 Å². The van der Waals surface area contributed by atoms with Gasteiger partial charge in [0.25, 0.3) is 0 Å². The van der Waals surface area contributed by atoms with Gasteiger partial charge in [-0.3, -0.25) is 0 Å². The molecule has 1 saturated carbocycles. The van der Waals surface area contributed by atoms with Crippen LogP contribution in [0, 0.1) is 34.2 Å². The molecular weight excluding hydrogens is 251 g/mol. The van der Waals surface area contributed by atoms with Gasteiger partial charge in [-0.1, -0.05) is 27.7 Å². The fraction of sp³-hybridized carbons (Fsp3) is 0.600. The van der Waals surface area contributed by atoms with Gasteiger partial charge in [0.2, 0.25) is 0 Å². The molecule has 0 aromatic heterocycles. The fourth-order valence-corrected chi connectivity index (χ4v) is 2.91. The molecule has 2 rings (SSSR count). The van der Waals surface area contributed by atoms with Crippen LogP contribution < -0.4 is 5.32 Å². The molecule has 106 valence electrons. The van der Waals surface area contributed by atoms with E-state index in [1.54, 1.807) is 0 Å². The average molecular weight is 271 g/mol. The van der Waals surface area contributed by atoms with Gasteiger partial charge in [0.15, 0.2) is 17.5 Å². The third-order valence-electron chi connectivity index (χ3n) is 5.04. The largest absolute Gasteiger partial charge is 0.312 e. The van der Waals surface area contributed by atoms with Crippen LogP contribution in [0.1, 0.15) is 33.3 Å². The molecule has 0 heterocycles. The Morgan fingerprint density at radius 1 is 1.00 bits per heavy atom. The van der Waals surface area contributed by atoms with Crippen molar-refractivity contribution in [2.75, 3.05) is 6.54 Å². The second-order valence-electron chi connectivity index (χ2n) is 6.50. The Labute approximate surface area is 112 Å². The highest BCUT2D eigenvalue weighted by Gasteiger charge is 2.63. The summed E-state index contributed by atoms with van der Waals surface area (Å²) in [7, 11) is 0. The summed E-state index contributed by atoms with van der Waals surface area (Å²) in [5.41, 5.74) is 0.978. The van der Waals surface area contributed by atoms with Crippen LogP contribution in [0.3, 0.4) is 0 Å². The topological polar surface area (TPSA) is 12.0 Å². The quantitative estimate of drug-likeness (QED) is 0.820. The van der Waals surface area contributed by atoms with Crippen molar-refractivity contribution in [1.82, 2.24) is 5.32 Å². The van der Waals surface area contributed by atoms with Crippen molar-refractivity contribution >= 4 is 0 Å². The van der Waals surface area contributed by atoms with Gasteiger partial charge in [0, 0.05) is 6.54 Å². The highest BCUT2D eigenvalue weighted by atomic mass is 19.2. The van der Waals surface area contributed by atoms with Gasteiger partial charge in [0.1, 0.15) is 0 Å². The second-order valence-corrected chi connectivity index (χ2v) is 6.50. The summed E-state index contributed by atoms with van der Waals surface area (Å²) in [4.78, 5) is 0. The molecule has 0 unspecified atom stereocenters. The average Bonchev–Trinajstić information content (AvgIpc) is 2.68. The third kappa shape index (κ3) is 2.38. The Kier molecular flexibility index (Phi) is 3.42. The lowest BCUT2D eigenvalue weighted by atomic mass is 10.0. The van der Waals surface area contributed by atoms with Crippen LogP contribution in [0.2, 0.25) is 0 Å². The molecule has 19 heavy (non-hydrogen) atoms. The van der Waals surface area contributed by atoms with Crippen LogP contribution in [0.15, 0.2) is 12.1 Å². The van der Waals surface area contributed by atoms with Crippen molar-refractivity contribution in [2.24, 2.45) is 16.7 Å². The normalized spacial score (nSPS) is 20.6. The van der Waals surface area contributed by atoms with E-state index in [9.17, 15) is 13.2 Å². The Balaban J connectivity index is 1.91. The Bertz CT molecular complexity index is 457. The predicted molar refractivity (Wildman–Crippen MR) is 69.1 cm³/mol. The van der Waals surface area contributed by atoms with E-state index in [0.717, 1.165) is 18.7 Å². The highest BCUT2D eigenvalue weighted by Crippen LogP contribution is 2.67. The van der Waals surface area contributed by atoms with E-state index in [2.05, 4.69) is 33.0 Å². The number of hydrogen-bond acceptors (Lipinski definition) is 1. The summed E-state index contributed by atoms with van der Waals surface area (Å²) < 4.78 is 38.9. The van der Waals surface area contributed by atoms with Crippen LogP contribution in [-0.2, 0) is 6.54 Å². The molecule has 1 fully saturated rings. The summed E-state index contributed by atoms with van der Waals surface area (Å²) in [6.07, 6.45) is 0. The first-order chi connectivity index (χ1) is 8.68. The van der Waals surface area contributed by atoms with Crippen molar-refractivity contribution in [1.29, 1.82) is 0 Å². The van der Waals surface area contributed by atoms with Crippen LogP contribution >= 0.6 is 0 Å².